The van der Waals surface area contributed by atoms with Gasteiger partial charge >= 0.3 is 5.76 Å². The summed E-state index contributed by atoms with van der Waals surface area (Å²) < 4.78 is 11.5. The van der Waals surface area contributed by atoms with Gasteiger partial charge in [0.2, 0.25) is 5.91 Å². The lowest BCUT2D eigenvalue weighted by atomic mass is 10.0. The number of nitrogens with two attached hydrogens (primary N) is 1. The number of fused-ring (bicyclic) bond motifs is 1. The van der Waals surface area contributed by atoms with Gasteiger partial charge in [0.25, 0.3) is 0 Å². The van der Waals surface area contributed by atoms with Gasteiger partial charge in [0.1, 0.15) is 12.3 Å². The number of carbonyl (C=O) groups excluding carboxylic acids is 1. The molecule has 0 aliphatic heterocycles. The van der Waals surface area contributed by atoms with E-state index in [9.17, 15) is 14.9 Å². The Kier molecular flexibility index (Phi) is 5.87. The molecule has 0 saturated carbocycles. The number of nitrogens with zero attached hydrogens (tertiary/aromatic N) is 3. The van der Waals surface area contributed by atoms with Crippen LogP contribution < -0.4 is 16.8 Å². The molecule has 2 atom stereocenters. The molecule has 0 bridgehead atoms. The van der Waals surface area contributed by atoms with Crippen LogP contribution in [0.5, 0.6) is 0 Å². The number of nitriles is 1. The number of aryl methyl sites for hydroxylation is 1. The van der Waals surface area contributed by atoms with E-state index in [-0.39, 0.29) is 12.3 Å². The zero-order valence-electron chi connectivity index (χ0n) is 17.3. The maximum atomic E-state index is 12.3. The predicted octanol–water partition coefficient (Wildman–Crippen LogP) is 2.43. The number of carbonyl (C=O) groups is 1. The molecule has 1 unspecified atom stereocenters. The van der Waals surface area contributed by atoms with Gasteiger partial charge in [-0.2, -0.15) is 5.26 Å². The van der Waals surface area contributed by atoms with Crippen LogP contribution in [-0.2, 0) is 18.3 Å². The van der Waals surface area contributed by atoms with Crippen LogP contribution in [0.1, 0.15) is 23.7 Å². The lowest BCUT2D eigenvalue weighted by Gasteiger charge is -2.14. The molecule has 0 aliphatic rings. The van der Waals surface area contributed by atoms with Crippen LogP contribution in [0.15, 0.2) is 68.8 Å². The molecule has 2 aromatic carbocycles. The molecule has 9 heteroatoms. The first-order valence-corrected chi connectivity index (χ1v) is 9.96. The van der Waals surface area contributed by atoms with E-state index in [0.29, 0.717) is 23.2 Å². The molecule has 162 valence electrons. The zero-order chi connectivity index (χ0) is 22.7. The Morgan fingerprint density at radius 1 is 1.25 bits per heavy atom. The van der Waals surface area contributed by atoms with Crippen molar-refractivity contribution in [1.29, 1.82) is 5.26 Å². The Morgan fingerprint density at radius 3 is 2.69 bits per heavy atom. The van der Waals surface area contributed by atoms with Crippen LogP contribution in [0.2, 0.25) is 0 Å². The fraction of sp³-hybridized carbons (Fsp3) is 0.217. The standard InChI is InChI=1S/C23H21N5O4/c1-28-20-9-16(6-7-21(20)32-23(28)30)15-4-2-14(3-5-15)8-17(11-24)27-22(29)10-18(25)19-12-31-13-26-19/h2-7,9,12-13,17-18H,8,10,25H2,1H3,(H,27,29)/t17-,18?/m0/s1. The van der Waals surface area contributed by atoms with Crippen molar-refractivity contribution in [3.63, 3.8) is 0 Å². The van der Waals surface area contributed by atoms with Gasteiger partial charge in [0, 0.05) is 19.9 Å². The fourth-order valence-electron chi connectivity index (χ4n) is 3.47. The van der Waals surface area contributed by atoms with E-state index in [4.69, 9.17) is 14.6 Å². The van der Waals surface area contributed by atoms with Crippen molar-refractivity contribution in [2.45, 2.75) is 24.9 Å². The topological polar surface area (TPSA) is 140 Å². The number of hydrogen-bond acceptors (Lipinski definition) is 7. The lowest BCUT2D eigenvalue weighted by Crippen LogP contribution is -2.37. The van der Waals surface area contributed by atoms with Crippen molar-refractivity contribution < 1.29 is 13.6 Å². The third-order valence-corrected chi connectivity index (χ3v) is 5.25. The van der Waals surface area contributed by atoms with Crippen LogP contribution in [0.4, 0.5) is 0 Å². The minimum absolute atomic E-state index is 0.00262. The third-order valence-electron chi connectivity index (χ3n) is 5.25. The Labute approximate surface area is 183 Å². The average Bonchev–Trinajstić information content (AvgIpc) is 3.42. The first kappa shape index (κ1) is 21.1. The van der Waals surface area contributed by atoms with Crippen molar-refractivity contribution in [2.24, 2.45) is 12.8 Å². The quantitative estimate of drug-likeness (QED) is 0.458. The Hall–Kier alpha value is -4.16. The maximum absolute atomic E-state index is 12.3. The van der Waals surface area contributed by atoms with Gasteiger partial charge in [-0.15, -0.1) is 0 Å². The molecule has 9 nitrogen and oxygen atoms in total. The lowest BCUT2D eigenvalue weighted by molar-refractivity contribution is -0.121. The number of benzene rings is 2. The summed E-state index contributed by atoms with van der Waals surface area (Å²) in [5.41, 5.74) is 10.5. The molecule has 0 aliphatic carbocycles. The molecule has 1 amide bonds. The Balaban J connectivity index is 1.41. The minimum atomic E-state index is -0.685. The molecule has 32 heavy (non-hydrogen) atoms. The summed E-state index contributed by atoms with van der Waals surface area (Å²) in [6, 6.07) is 14.1. The van der Waals surface area contributed by atoms with Gasteiger partial charge in [-0.25, -0.2) is 9.78 Å². The van der Waals surface area contributed by atoms with Crippen molar-refractivity contribution in [1.82, 2.24) is 14.9 Å². The highest BCUT2D eigenvalue weighted by molar-refractivity contribution is 5.80. The molecule has 3 N–H and O–H groups in total. The summed E-state index contributed by atoms with van der Waals surface area (Å²) in [6.07, 6.45) is 3.01. The summed E-state index contributed by atoms with van der Waals surface area (Å²) in [6.45, 7) is 0. The van der Waals surface area contributed by atoms with Gasteiger partial charge in [0.15, 0.2) is 12.0 Å². The zero-order valence-corrected chi connectivity index (χ0v) is 17.3. The summed E-state index contributed by atoms with van der Waals surface area (Å²) >= 11 is 0. The highest BCUT2D eigenvalue weighted by Crippen LogP contribution is 2.24. The molecule has 0 radical (unpaired) electrons. The van der Waals surface area contributed by atoms with Crippen LogP contribution in [-0.4, -0.2) is 21.5 Å². The van der Waals surface area contributed by atoms with Crippen molar-refractivity contribution >= 4 is 17.0 Å². The van der Waals surface area contributed by atoms with Crippen molar-refractivity contribution in [2.75, 3.05) is 0 Å². The number of rotatable bonds is 7. The second-order valence-corrected chi connectivity index (χ2v) is 7.48. The van der Waals surface area contributed by atoms with E-state index >= 15 is 0 Å². The second kappa shape index (κ2) is 8.91. The summed E-state index contributed by atoms with van der Waals surface area (Å²) in [5, 5.41) is 12.2. The first-order valence-electron chi connectivity index (χ1n) is 9.96. The normalized spacial score (nSPS) is 12.9. The fourth-order valence-corrected chi connectivity index (χ4v) is 3.47. The van der Waals surface area contributed by atoms with Gasteiger partial charge < -0.3 is 19.9 Å². The average molecular weight is 431 g/mol. The first-order chi connectivity index (χ1) is 15.4. The van der Waals surface area contributed by atoms with Gasteiger partial charge in [-0.05, 0) is 28.8 Å². The molecule has 4 rings (SSSR count). The molecule has 0 spiro atoms. The summed E-state index contributed by atoms with van der Waals surface area (Å²) in [5.74, 6) is -0.734. The van der Waals surface area contributed by atoms with E-state index in [1.165, 1.54) is 17.2 Å². The number of amides is 1. The monoisotopic (exact) mass is 431 g/mol. The third kappa shape index (κ3) is 4.45. The van der Waals surface area contributed by atoms with Gasteiger partial charge in [-0.1, -0.05) is 30.3 Å². The van der Waals surface area contributed by atoms with E-state index in [0.717, 1.165) is 16.7 Å². The minimum Gasteiger partial charge on any atom is -0.451 e. The second-order valence-electron chi connectivity index (χ2n) is 7.48. The van der Waals surface area contributed by atoms with E-state index in [1.807, 2.05) is 36.4 Å². The van der Waals surface area contributed by atoms with Crippen molar-refractivity contribution in [3.05, 3.63) is 76.9 Å². The van der Waals surface area contributed by atoms with Crippen LogP contribution >= 0.6 is 0 Å². The highest BCUT2D eigenvalue weighted by atomic mass is 16.4. The summed E-state index contributed by atoms with van der Waals surface area (Å²) in [4.78, 5) is 27.9. The smallest absolute Gasteiger partial charge is 0.419 e. The number of nitrogens with one attached hydrogen (secondary N) is 1. The SMILES string of the molecule is Cn1c(=O)oc2ccc(-c3ccc(C[C@@H](C#N)NC(=O)CC(N)c4cocn4)cc3)cc21. The number of hydrogen-bond donors (Lipinski definition) is 2. The molecular formula is C23H21N5O4. The molecule has 0 saturated heterocycles. The molecule has 2 aromatic heterocycles. The molecule has 4 aromatic rings. The highest BCUT2D eigenvalue weighted by Gasteiger charge is 2.18. The van der Waals surface area contributed by atoms with Crippen LogP contribution in [0.3, 0.4) is 0 Å². The van der Waals surface area contributed by atoms with Crippen LogP contribution in [0, 0.1) is 11.3 Å². The molecular weight excluding hydrogens is 410 g/mol. The number of oxazole rings is 2. The van der Waals surface area contributed by atoms with Gasteiger partial charge in [0.05, 0.1) is 23.3 Å². The summed E-state index contributed by atoms with van der Waals surface area (Å²) in [7, 11) is 1.66. The Morgan fingerprint density at radius 2 is 2.00 bits per heavy atom. The molecule has 0 fully saturated rings. The number of aromatic nitrogens is 2. The van der Waals surface area contributed by atoms with E-state index in [1.54, 1.807) is 13.1 Å². The van der Waals surface area contributed by atoms with E-state index < -0.39 is 17.8 Å². The molecule has 2 heterocycles. The predicted molar refractivity (Wildman–Crippen MR) is 116 cm³/mol. The Bertz CT molecular complexity index is 1330. The van der Waals surface area contributed by atoms with Gasteiger partial charge in [-0.3, -0.25) is 9.36 Å². The van der Waals surface area contributed by atoms with Crippen LogP contribution in [0.25, 0.3) is 22.2 Å². The van der Waals surface area contributed by atoms with E-state index in [2.05, 4.69) is 16.4 Å². The largest absolute Gasteiger partial charge is 0.451 e. The van der Waals surface area contributed by atoms with Crippen molar-refractivity contribution in [3.8, 4) is 17.2 Å². The maximum Gasteiger partial charge on any atom is 0.419 e.